The molecule has 1 amide bonds. The summed E-state index contributed by atoms with van der Waals surface area (Å²) in [6.45, 7) is 5.05. The van der Waals surface area contributed by atoms with E-state index in [0.29, 0.717) is 13.2 Å². The Kier molecular flexibility index (Phi) is 6.54. The van der Waals surface area contributed by atoms with Crippen molar-refractivity contribution in [3.8, 4) is 0 Å². The largest absolute Gasteiger partial charge is 0.383 e. The summed E-state index contributed by atoms with van der Waals surface area (Å²) < 4.78 is 4.80. The molecule has 0 bridgehead atoms. The molecule has 0 aliphatic heterocycles. The number of nitrogens with one attached hydrogen (secondary N) is 1. The number of carbonyl (C=O) groups is 1. The smallest absolute Gasteiger partial charge is 0.237 e. The SMILES string of the molecule is CC[C@@H](C)[C@H](N)C(=O)NCCOC. The Balaban J connectivity index is 3.69. The molecule has 0 saturated carbocycles. The Morgan fingerprint density at radius 2 is 2.23 bits per heavy atom. The normalized spacial score (nSPS) is 15.1. The van der Waals surface area contributed by atoms with Crippen LogP contribution in [0, 0.1) is 5.92 Å². The molecule has 0 aromatic carbocycles. The first-order chi connectivity index (χ1) is 6.13. The predicted molar refractivity (Wildman–Crippen MR) is 52.3 cm³/mol. The molecule has 0 unspecified atom stereocenters. The van der Waals surface area contributed by atoms with E-state index in [1.165, 1.54) is 0 Å². The van der Waals surface area contributed by atoms with Gasteiger partial charge in [-0.1, -0.05) is 20.3 Å². The second-order valence-corrected chi connectivity index (χ2v) is 3.20. The first kappa shape index (κ1) is 12.4. The predicted octanol–water partition coefficient (Wildman–Crippen LogP) is 0.122. The van der Waals surface area contributed by atoms with Crippen LogP contribution in [-0.4, -0.2) is 32.2 Å². The lowest BCUT2D eigenvalue weighted by Crippen LogP contribution is -2.45. The maximum absolute atomic E-state index is 11.3. The number of ether oxygens (including phenoxy) is 1. The molecule has 2 atom stereocenters. The van der Waals surface area contributed by atoms with Crippen LogP contribution >= 0.6 is 0 Å². The topological polar surface area (TPSA) is 64.4 Å². The molecular weight excluding hydrogens is 168 g/mol. The summed E-state index contributed by atoms with van der Waals surface area (Å²) in [6, 6.07) is -0.401. The zero-order valence-electron chi connectivity index (χ0n) is 8.67. The van der Waals surface area contributed by atoms with Crippen LogP contribution in [-0.2, 0) is 9.53 Å². The van der Waals surface area contributed by atoms with Crippen molar-refractivity contribution in [2.45, 2.75) is 26.3 Å². The van der Waals surface area contributed by atoms with Gasteiger partial charge in [0.1, 0.15) is 0 Å². The summed E-state index contributed by atoms with van der Waals surface area (Å²) in [5.41, 5.74) is 5.70. The molecule has 0 aliphatic carbocycles. The van der Waals surface area contributed by atoms with Gasteiger partial charge in [0.25, 0.3) is 0 Å². The van der Waals surface area contributed by atoms with Crippen LogP contribution in [0.1, 0.15) is 20.3 Å². The third kappa shape index (κ3) is 4.85. The van der Waals surface area contributed by atoms with Crippen LogP contribution in [0.5, 0.6) is 0 Å². The van der Waals surface area contributed by atoms with Crippen molar-refractivity contribution >= 4 is 5.91 Å². The number of nitrogens with two attached hydrogens (primary N) is 1. The van der Waals surface area contributed by atoms with Crippen molar-refractivity contribution in [2.75, 3.05) is 20.3 Å². The van der Waals surface area contributed by atoms with E-state index >= 15 is 0 Å². The van der Waals surface area contributed by atoms with Gasteiger partial charge in [0.15, 0.2) is 0 Å². The molecule has 0 aromatic rings. The van der Waals surface area contributed by atoms with Crippen molar-refractivity contribution in [1.82, 2.24) is 5.32 Å². The van der Waals surface area contributed by atoms with E-state index in [2.05, 4.69) is 5.32 Å². The Morgan fingerprint density at radius 3 is 2.69 bits per heavy atom. The van der Waals surface area contributed by atoms with E-state index in [1.807, 2.05) is 13.8 Å². The minimum atomic E-state index is -0.401. The summed E-state index contributed by atoms with van der Waals surface area (Å²) in [4.78, 5) is 11.3. The van der Waals surface area contributed by atoms with Crippen LogP contribution < -0.4 is 11.1 Å². The zero-order chi connectivity index (χ0) is 10.3. The highest BCUT2D eigenvalue weighted by molar-refractivity contribution is 5.81. The lowest BCUT2D eigenvalue weighted by Gasteiger charge is -2.17. The zero-order valence-corrected chi connectivity index (χ0v) is 8.67. The number of hydrogen-bond donors (Lipinski definition) is 2. The molecular formula is C9H20N2O2. The Morgan fingerprint density at radius 1 is 1.62 bits per heavy atom. The first-order valence-corrected chi connectivity index (χ1v) is 4.65. The second-order valence-electron chi connectivity index (χ2n) is 3.20. The van der Waals surface area contributed by atoms with E-state index in [-0.39, 0.29) is 11.8 Å². The highest BCUT2D eigenvalue weighted by Crippen LogP contribution is 2.04. The lowest BCUT2D eigenvalue weighted by atomic mass is 9.99. The van der Waals surface area contributed by atoms with Crippen molar-refractivity contribution in [3.05, 3.63) is 0 Å². The van der Waals surface area contributed by atoms with Gasteiger partial charge in [-0.15, -0.1) is 0 Å². The average molecular weight is 188 g/mol. The summed E-state index contributed by atoms with van der Waals surface area (Å²) in [6.07, 6.45) is 0.916. The molecule has 0 spiro atoms. The Hall–Kier alpha value is -0.610. The number of amides is 1. The van der Waals surface area contributed by atoms with Crippen LogP contribution in [0.2, 0.25) is 0 Å². The summed E-state index contributed by atoms with van der Waals surface area (Å²) in [5.74, 6) is 0.133. The van der Waals surface area contributed by atoms with E-state index in [9.17, 15) is 4.79 Å². The minimum absolute atomic E-state index is 0.0913. The average Bonchev–Trinajstić information content (AvgIpc) is 2.15. The number of hydrogen-bond acceptors (Lipinski definition) is 3. The fourth-order valence-corrected chi connectivity index (χ4v) is 0.906. The maximum atomic E-state index is 11.3. The van der Waals surface area contributed by atoms with Gasteiger partial charge < -0.3 is 15.8 Å². The van der Waals surface area contributed by atoms with Gasteiger partial charge in [-0.3, -0.25) is 4.79 Å². The molecule has 3 N–H and O–H groups in total. The van der Waals surface area contributed by atoms with Gasteiger partial charge in [0.2, 0.25) is 5.91 Å². The number of rotatable bonds is 6. The molecule has 0 fully saturated rings. The van der Waals surface area contributed by atoms with Gasteiger partial charge in [-0.05, 0) is 5.92 Å². The molecule has 0 radical (unpaired) electrons. The standard InChI is InChI=1S/C9H20N2O2/c1-4-7(2)8(10)9(12)11-5-6-13-3/h7-8H,4-6,10H2,1-3H3,(H,11,12)/t7-,8+/m1/s1. The molecule has 0 aromatic heterocycles. The third-order valence-corrected chi connectivity index (χ3v) is 2.17. The Bertz CT molecular complexity index is 151. The first-order valence-electron chi connectivity index (χ1n) is 4.65. The minimum Gasteiger partial charge on any atom is -0.383 e. The van der Waals surface area contributed by atoms with Crippen LogP contribution in [0.25, 0.3) is 0 Å². The molecule has 0 saturated heterocycles. The quantitative estimate of drug-likeness (QED) is 0.582. The van der Waals surface area contributed by atoms with Crippen molar-refractivity contribution in [3.63, 3.8) is 0 Å². The van der Waals surface area contributed by atoms with Crippen LogP contribution in [0.3, 0.4) is 0 Å². The molecule has 0 aliphatic rings. The van der Waals surface area contributed by atoms with Gasteiger partial charge >= 0.3 is 0 Å². The summed E-state index contributed by atoms with van der Waals surface area (Å²) in [7, 11) is 1.60. The fourth-order valence-electron chi connectivity index (χ4n) is 0.906. The van der Waals surface area contributed by atoms with Crippen molar-refractivity contribution < 1.29 is 9.53 Å². The van der Waals surface area contributed by atoms with Gasteiger partial charge in [-0.25, -0.2) is 0 Å². The number of carbonyl (C=O) groups excluding carboxylic acids is 1. The monoisotopic (exact) mass is 188 g/mol. The highest BCUT2D eigenvalue weighted by atomic mass is 16.5. The van der Waals surface area contributed by atoms with Gasteiger partial charge in [-0.2, -0.15) is 0 Å². The van der Waals surface area contributed by atoms with Gasteiger partial charge in [0, 0.05) is 13.7 Å². The molecule has 13 heavy (non-hydrogen) atoms. The second kappa shape index (κ2) is 6.86. The van der Waals surface area contributed by atoms with Gasteiger partial charge in [0.05, 0.1) is 12.6 Å². The lowest BCUT2D eigenvalue weighted by molar-refractivity contribution is -0.123. The molecule has 0 rings (SSSR count). The van der Waals surface area contributed by atoms with Crippen molar-refractivity contribution in [2.24, 2.45) is 11.7 Å². The third-order valence-electron chi connectivity index (χ3n) is 2.17. The Labute approximate surface area is 79.8 Å². The van der Waals surface area contributed by atoms with Crippen LogP contribution in [0.15, 0.2) is 0 Å². The van der Waals surface area contributed by atoms with E-state index < -0.39 is 6.04 Å². The van der Waals surface area contributed by atoms with Crippen molar-refractivity contribution in [1.29, 1.82) is 0 Å². The molecule has 0 heterocycles. The van der Waals surface area contributed by atoms with Crippen LogP contribution in [0.4, 0.5) is 0 Å². The number of methoxy groups -OCH3 is 1. The summed E-state index contributed by atoms with van der Waals surface area (Å²) >= 11 is 0. The fraction of sp³-hybridized carbons (Fsp3) is 0.889. The highest BCUT2D eigenvalue weighted by Gasteiger charge is 2.18. The molecule has 78 valence electrons. The van der Waals surface area contributed by atoms with E-state index in [1.54, 1.807) is 7.11 Å². The van der Waals surface area contributed by atoms with E-state index in [0.717, 1.165) is 6.42 Å². The summed E-state index contributed by atoms with van der Waals surface area (Å²) in [5, 5.41) is 2.71. The molecule has 4 heteroatoms. The maximum Gasteiger partial charge on any atom is 0.237 e. The molecule has 4 nitrogen and oxygen atoms in total. The van der Waals surface area contributed by atoms with E-state index in [4.69, 9.17) is 10.5 Å².